The summed E-state index contributed by atoms with van der Waals surface area (Å²) in [7, 11) is 1.59. The van der Waals surface area contributed by atoms with Gasteiger partial charge in [0.05, 0.1) is 25.1 Å². The first-order valence-electron chi connectivity index (χ1n) is 8.69. The summed E-state index contributed by atoms with van der Waals surface area (Å²) in [5.74, 6) is 0.362. The molecule has 1 amide bonds. The highest BCUT2D eigenvalue weighted by Gasteiger charge is 2.36. The molecule has 1 saturated heterocycles. The van der Waals surface area contributed by atoms with Crippen LogP contribution in [0.5, 0.6) is 5.75 Å². The number of hydrogen-bond donors (Lipinski definition) is 0. The molecule has 8 heteroatoms. The fourth-order valence-electron chi connectivity index (χ4n) is 2.71. The Kier molecular flexibility index (Phi) is 6.85. The SMILES string of the molecule is CC[C@@H]1S/C(=N\N=C/c2cc(Br)ccc2OC)N(Cc2ccc(F)cc2)C1=O. The number of thioether (sulfide) groups is 1. The van der Waals surface area contributed by atoms with Crippen molar-refractivity contribution in [1.29, 1.82) is 0 Å². The van der Waals surface area contributed by atoms with Gasteiger partial charge in [0.2, 0.25) is 5.91 Å². The maximum atomic E-state index is 13.1. The monoisotopic (exact) mass is 463 g/mol. The van der Waals surface area contributed by atoms with E-state index in [1.165, 1.54) is 23.9 Å². The summed E-state index contributed by atoms with van der Waals surface area (Å²) in [6.07, 6.45) is 2.29. The van der Waals surface area contributed by atoms with Gasteiger partial charge < -0.3 is 4.74 Å². The first kappa shape index (κ1) is 20.5. The van der Waals surface area contributed by atoms with Crippen LogP contribution in [0, 0.1) is 5.82 Å². The lowest BCUT2D eigenvalue weighted by atomic mass is 10.2. The van der Waals surface area contributed by atoms with E-state index in [9.17, 15) is 9.18 Å². The molecule has 0 aromatic heterocycles. The lowest BCUT2D eigenvalue weighted by Gasteiger charge is -2.15. The number of amides is 1. The highest BCUT2D eigenvalue weighted by Crippen LogP contribution is 2.31. The van der Waals surface area contributed by atoms with Gasteiger partial charge in [-0.1, -0.05) is 46.7 Å². The van der Waals surface area contributed by atoms with Crippen molar-refractivity contribution in [2.75, 3.05) is 7.11 Å². The Morgan fingerprint density at radius 1 is 1.29 bits per heavy atom. The number of ether oxygens (including phenoxy) is 1. The number of methoxy groups -OCH3 is 1. The van der Waals surface area contributed by atoms with Crippen molar-refractivity contribution in [2.45, 2.75) is 25.1 Å². The Hall–Kier alpha value is -2.19. The van der Waals surface area contributed by atoms with Crippen molar-refractivity contribution in [3.05, 3.63) is 63.9 Å². The molecule has 3 rings (SSSR count). The zero-order valence-electron chi connectivity index (χ0n) is 15.4. The quantitative estimate of drug-likeness (QED) is 0.454. The number of carbonyl (C=O) groups is 1. The van der Waals surface area contributed by atoms with Gasteiger partial charge in [-0.15, -0.1) is 5.10 Å². The number of halogens is 2. The summed E-state index contributed by atoms with van der Waals surface area (Å²) in [5.41, 5.74) is 1.60. The molecular weight excluding hydrogens is 445 g/mol. The average molecular weight is 464 g/mol. The maximum Gasteiger partial charge on any atom is 0.242 e. The molecule has 0 spiro atoms. The second-order valence-corrected chi connectivity index (χ2v) is 8.16. The van der Waals surface area contributed by atoms with Crippen LogP contribution in [0.15, 0.2) is 57.1 Å². The molecule has 28 heavy (non-hydrogen) atoms. The van der Waals surface area contributed by atoms with Crippen LogP contribution < -0.4 is 4.74 Å². The Morgan fingerprint density at radius 3 is 2.71 bits per heavy atom. The van der Waals surface area contributed by atoms with Crippen molar-refractivity contribution in [2.24, 2.45) is 10.2 Å². The van der Waals surface area contributed by atoms with E-state index in [1.807, 2.05) is 25.1 Å². The molecule has 0 radical (unpaired) electrons. The largest absolute Gasteiger partial charge is 0.496 e. The van der Waals surface area contributed by atoms with E-state index in [0.717, 1.165) is 15.6 Å². The molecule has 1 fully saturated rings. The average Bonchev–Trinajstić information content (AvgIpc) is 2.99. The molecule has 0 bridgehead atoms. The Labute approximate surface area is 175 Å². The van der Waals surface area contributed by atoms with Crippen molar-refractivity contribution in [3.8, 4) is 5.75 Å². The minimum absolute atomic E-state index is 0.00851. The predicted octanol–water partition coefficient (Wildman–Crippen LogP) is 4.84. The third kappa shape index (κ3) is 4.80. The van der Waals surface area contributed by atoms with Crippen molar-refractivity contribution in [3.63, 3.8) is 0 Å². The Balaban J connectivity index is 1.84. The summed E-state index contributed by atoms with van der Waals surface area (Å²) in [4.78, 5) is 14.3. The van der Waals surface area contributed by atoms with Crippen LogP contribution >= 0.6 is 27.7 Å². The third-order valence-corrected chi connectivity index (χ3v) is 6.00. The van der Waals surface area contributed by atoms with Crippen LogP contribution in [0.2, 0.25) is 0 Å². The zero-order valence-corrected chi connectivity index (χ0v) is 17.8. The van der Waals surface area contributed by atoms with E-state index in [-0.39, 0.29) is 17.0 Å². The van der Waals surface area contributed by atoms with E-state index in [2.05, 4.69) is 26.1 Å². The molecule has 0 unspecified atom stereocenters. The normalized spacial score (nSPS) is 18.4. The van der Waals surface area contributed by atoms with Crippen LogP contribution in [0.1, 0.15) is 24.5 Å². The molecule has 2 aromatic rings. The number of amidine groups is 1. The van der Waals surface area contributed by atoms with Crippen molar-refractivity contribution >= 4 is 45.0 Å². The Morgan fingerprint density at radius 2 is 2.04 bits per heavy atom. The molecule has 2 aromatic carbocycles. The summed E-state index contributed by atoms with van der Waals surface area (Å²) in [6, 6.07) is 11.7. The van der Waals surface area contributed by atoms with Crippen LogP contribution in [0.4, 0.5) is 4.39 Å². The number of nitrogens with zero attached hydrogens (tertiary/aromatic N) is 3. The fraction of sp³-hybridized carbons (Fsp3) is 0.250. The molecule has 146 valence electrons. The van der Waals surface area contributed by atoms with Gasteiger partial charge >= 0.3 is 0 Å². The van der Waals surface area contributed by atoms with Crippen LogP contribution in [-0.4, -0.2) is 34.5 Å². The highest BCUT2D eigenvalue weighted by molar-refractivity contribution is 9.10. The molecule has 1 heterocycles. The second-order valence-electron chi connectivity index (χ2n) is 6.08. The topological polar surface area (TPSA) is 54.3 Å². The van der Waals surface area contributed by atoms with Gasteiger partial charge in [-0.05, 0) is 42.3 Å². The molecule has 1 atom stereocenters. The van der Waals surface area contributed by atoms with Crippen LogP contribution in [-0.2, 0) is 11.3 Å². The van der Waals surface area contributed by atoms with Crippen molar-refractivity contribution < 1.29 is 13.9 Å². The smallest absolute Gasteiger partial charge is 0.242 e. The fourth-order valence-corrected chi connectivity index (χ4v) is 4.11. The molecule has 0 N–H and O–H groups in total. The van der Waals surface area contributed by atoms with Gasteiger partial charge in [-0.3, -0.25) is 9.69 Å². The van der Waals surface area contributed by atoms with Gasteiger partial charge in [0.1, 0.15) is 11.6 Å². The third-order valence-electron chi connectivity index (χ3n) is 4.18. The standard InChI is InChI=1S/C20H19BrFN3O2S/c1-3-18-19(26)25(12-13-4-7-16(22)8-5-13)20(28-18)24-23-11-14-10-15(21)6-9-17(14)27-2/h4-11,18H,3,12H2,1-2H3/b23-11-,24-20-/t18-/m0/s1. The molecule has 1 aliphatic heterocycles. The maximum absolute atomic E-state index is 13.1. The van der Waals surface area contributed by atoms with Crippen molar-refractivity contribution in [1.82, 2.24) is 4.90 Å². The van der Waals surface area contributed by atoms with E-state index < -0.39 is 0 Å². The predicted molar refractivity (Wildman–Crippen MR) is 114 cm³/mol. The lowest BCUT2D eigenvalue weighted by Crippen LogP contribution is -2.31. The number of benzene rings is 2. The van der Waals surface area contributed by atoms with Gasteiger partial charge in [-0.2, -0.15) is 5.10 Å². The summed E-state index contributed by atoms with van der Waals surface area (Å²) < 4.78 is 19.4. The lowest BCUT2D eigenvalue weighted by molar-refractivity contribution is -0.126. The van der Waals surface area contributed by atoms with E-state index in [1.54, 1.807) is 30.4 Å². The minimum Gasteiger partial charge on any atom is -0.496 e. The minimum atomic E-state index is -0.307. The van der Waals surface area contributed by atoms with Crippen LogP contribution in [0.3, 0.4) is 0 Å². The van der Waals surface area contributed by atoms with E-state index in [0.29, 0.717) is 23.9 Å². The van der Waals surface area contributed by atoms with Gasteiger partial charge in [0.15, 0.2) is 5.17 Å². The number of hydrogen-bond acceptors (Lipinski definition) is 5. The first-order chi connectivity index (χ1) is 13.5. The summed E-state index contributed by atoms with van der Waals surface area (Å²) in [5, 5.41) is 8.79. The molecule has 0 saturated carbocycles. The zero-order chi connectivity index (χ0) is 20.1. The summed E-state index contributed by atoms with van der Waals surface area (Å²) in [6.45, 7) is 2.29. The second kappa shape index (κ2) is 9.34. The Bertz CT molecular complexity index is 918. The van der Waals surface area contributed by atoms with E-state index in [4.69, 9.17) is 4.74 Å². The highest BCUT2D eigenvalue weighted by atomic mass is 79.9. The molecule has 5 nitrogen and oxygen atoms in total. The van der Waals surface area contributed by atoms with E-state index >= 15 is 0 Å². The van der Waals surface area contributed by atoms with Crippen LogP contribution in [0.25, 0.3) is 0 Å². The molecule has 1 aliphatic rings. The van der Waals surface area contributed by atoms with Gasteiger partial charge in [0.25, 0.3) is 0 Å². The first-order valence-corrected chi connectivity index (χ1v) is 10.4. The molecule has 0 aliphatic carbocycles. The van der Waals surface area contributed by atoms with Gasteiger partial charge in [-0.25, -0.2) is 4.39 Å². The van der Waals surface area contributed by atoms with Gasteiger partial charge in [0, 0.05) is 10.0 Å². The number of carbonyl (C=O) groups excluding carboxylic acids is 1. The molecular formula is C20H19BrFN3O2S. The summed E-state index contributed by atoms with van der Waals surface area (Å²) >= 11 is 4.82. The number of rotatable bonds is 6.